The van der Waals surface area contributed by atoms with Crippen LogP contribution in [-0.4, -0.2) is 37.5 Å². The van der Waals surface area contributed by atoms with Crippen molar-refractivity contribution < 1.29 is 19.1 Å². The molecule has 0 saturated carbocycles. The van der Waals surface area contributed by atoms with Gasteiger partial charge in [0.25, 0.3) is 0 Å². The summed E-state index contributed by atoms with van der Waals surface area (Å²) in [4.78, 5) is 27.1. The fraction of sp³-hybridized carbons (Fsp3) is 0.455. The lowest BCUT2D eigenvalue weighted by Gasteiger charge is -2.27. The zero-order chi connectivity index (χ0) is 20.7. The molecule has 1 atom stereocenters. The molecule has 0 N–H and O–H groups in total. The van der Waals surface area contributed by atoms with Crippen LogP contribution in [-0.2, 0) is 31.2 Å². The van der Waals surface area contributed by atoms with Gasteiger partial charge in [0.15, 0.2) is 5.60 Å². The normalized spacial score (nSPS) is 13.0. The van der Waals surface area contributed by atoms with E-state index in [1.54, 1.807) is 23.2 Å². The molecule has 1 heterocycles. The Labute approximate surface area is 171 Å². The number of carbonyl (C=O) groups excluding carboxylic acids is 2. The van der Waals surface area contributed by atoms with Gasteiger partial charge in [0.05, 0.1) is 13.7 Å². The molecule has 28 heavy (non-hydrogen) atoms. The molecular weight excluding hydrogens is 374 g/mol. The summed E-state index contributed by atoms with van der Waals surface area (Å²) in [6, 6.07) is 9.87. The summed E-state index contributed by atoms with van der Waals surface area (Å²) in [7, 11) is 3.21. The smallest absolute Gasteiger partial charge is 0.342 e. The number of esters is 1. The minimum absolute atomic E-state index is 0.167. The molecule has 1 aromatic heterocycles. The van der Waals surface area contributed by atoms with Crippen LogP contribution in [0.4, 0.5) is 0 Å². The van der Waals surface area contributed by atoms with Gasteiger partial charge in [0.2, 0.25) is 5.91 Å². The predicted octanol–water partition coefficient (Wildman–Crippen LogP) is 4.60. The molecule has 0 unspecified atom stereocenters. The third-order valence-electron chi connectivity index (χ3n) is 4.71. The highest BCUT2D eigenvalue weighted by Crippen LogP contribution is 2.31. The van der Waals surface area contributed by atoms with Crippen molar-refractivity contribution in [2.45, 2.75) is 45.8 Å². The Hall–Kier alpha value is -2.18. The van der Waals surface area contributed by atoms with Crippen LogP contribution in [0.15, 0.2) is 35.7 Å². The molecule has 2 aromatic rings. The number of amides is 1. The van der Waals surface area contributed by atoms with Crippen molar-refractivity contribution in [2.75, 3.05) is 20.8 Å². The molecule has 0 aliphatic heterocycles. The number of carbonyl (C=O) groups is 2. The summed E-state index contributed by atoms with van der Waals surface area (Å²) < 4.78 is 10.6. The van der Waals surface area contributed by atoms with Gasteiger partial charge in [-0.2, -0.15) is 0 Å². The Balaban J connectivity index is 2.17. The van der Waals surface area contributed by atoms with Crippen LogP contribution in [0.5, 0.6) is 0 Å². The molecule has 0 fully saturated rings. The third kappa shape index (κ3) is 5.00. The molecule has 0 spiro atoms. The second-order valence-electron chi connectivity index (χ2n) is 6.84. The number of thiophene rings is 1. The van der Waals surface area contributed by atoms with Crippen molar-refractivity contribution in [3.05, 3.63) is 46.2 Å². The Morgan fingerprint density at radius 2 is 1.82 bits per heavy atom. The zero-order valence-corrected chi connectivity index (χ0v) is 18.1. The van der Waals surface area contributed by atoms with Crippen molar-refractivity contribution in [1.29, 1.82) is 0 Å². The van der Waals surface area contributed by atoms with Crippen molar-refractivity contribution >= 4 is 23.2 Å². The van der Waals surface area contributed by atoms with E-state index in [4.69, 9.17) is 9.47 Å². The largest absolute Gasteiger partial charge is 0.467 e. The van der Waals surface area contributed by atoms with Crippen LogP contribution in [0.2, 0.25) is 0 Å². The lowest BCUT2D eigenvalue weighted by Crippen LogP contribution is -2.36. The summed E-state index contributed by atoms with van der Waals surface area (Å²) in [5.41, 5.74) is 1.78. The Bertz CT molecular complexity index is 799. The molecule has 0 bridgehead atoms. The maximum absolute atomic E-state index is 12.2. The number of hydrogen-bond acceptors (Lipinski definition) is 5. The van der Waals surface area contributed by atoms with E-state index in [0.29, 0.717) is 19.6 Å². The first-order valence-electron chi connectivity index (χ1n) is 9.50. The molecule has 5 nitrogen and oxygen atoms in total. The molecule has 2 rings (SSSR count). The topological polar surface area (TPSA) is 55.8 Å². The SMILES string of the molecule is CCCC(=O)N(C)Cc1cc(-c2ccc([C@](C)(OCC)C(=O)OC)cc2)cs1. The van der Waals surface area contributed by atoms with Crippen LogP contribution in [0.25, 0.3) is 11.1 Å². The first-order chi connectivity index (χ1) is 13.3. The van der Waals surface area contributed by atoms with Gasteiger partial charge in [-0.25, -0.2) is 4.79 Å². The Morgan fingerprint density at radius 1 is 1.14 bits per heavy atom. The van der Waals surface area contributed by atoms with E-state index in [1.807, 2.05) is 45.2 Å². The maximum Gasteiger partial charge on any atom is 0.342 e. The van der Waals surface area contributed by atoms with Crippen LogP contribution < -0.4 is 0 Å². The molecule has 6 heteroatoms. The first kappa shape index (κ1) is 22.1. The van der Waals surface area contributed by atoms with E-state index >= 15 is 0 Å². The summed E-state index contributed by atoms with van der Waals surface area (Å²) in [6.07, 6.45) is 1.44. The van der Waals surface area contributed by atoms with E-state index in [9.17, 15) is 9.59 Å². The van der Waals surface area contributed by atoms with Crippen LogP contribution >= 0.6 is 11.3 Å². The fourth-order valence-electron chi connectivity index (χ4n) is 3.07. The third-order valence-corrected chi connectivity index (χ3v) is 5.63. The van der Waals surface area contributed by atoms with Crippen molar-refractivity contribution in [3.63, 3.8) is 0 Å². The van der Waals surface area contributed by atoms with Crippen molar-refractivity contribution in [1.82, 2.24) is 4.90 Å². The van der Waals surface area contributed by atoms with E-state index in [-0.39, 0.29) is 5.91 Å². The molecule has 0 radical (unpaired) electrons. The molecule has 1 aromatic carbocycles. The number of nitrogens with zero attached hydrogens (tertiary/aromatic N) is 1. The Kier molecular flexibility index (Phi) is 7.78. The summed E-state index contributed by atoms with van der Waals surface area (Å²) in [5.74, 6) is -0.250. The Morgan fingerprint density at radius 3 is 2.39 bits per heavy atom. The zero-order valence-electron chi connectivity index (χ0n) is 17.3. The number of hydrogen-bond donors (Lipinski definition) is 0. The van der Waals surface area contributed by atoms with Gasteiger partial charge < -0.3 is 14.4 Å². The average molecular weight is 404 g/mol. The average Bonchev–Trinajstić information content (AvgIpc) is 3.16. The van der Waals surface area contributed by atoms with Crippen LogP contribution in [0.1, 0.15) is 44.1 Å². The fourth-order valence-corrected chi connectivity index (χ4v) is 4.01. The molecule has 0 aliphatic rings. The van der Waals surface area contributed by atoms with E-state index < -0.39 is 11.6 Å². The second-order valence-corrected chi connectivity index (χ2v) is 7.83. The minimum atomic E-state index is -1.12. The second kappa shape index (κ2) is 9.85. The maximum atomic E-state index is 12.2. The molecular formula is C22H29NO4S. The highest BCUT2D eigenvalue weighted by molar-refractivity contribution is 7.10. The molecule has 1 amide bonds. The molecule has 0 saturated heterocycles. The summed E-state index contributed by atoms with van der Waals surface area (Å²) >= 11 is 1.64. The monoisotopic (exact) mass is 403 g/mol. The highest BCUT2D eigenvalue weighted by atomic mass is 32.1. The molecule has 0 aliphatic carbocycles. The van der Waals surface area contributed by atoms with E-state index in [0.717, 1.165) is 28.0 Å². The van der Waals surface area contributed by atoms with Gasteiger partial charge >= 0.3 is 5.97 Å². The van der Waals surface area contributed by atoms with Gasteiger partial charge in [-0.15, -0.1) is 11.3 Å². The van der Waals surface area contributed by atoms with E-state index in [2.05, 4.69) is 11.4 Å². The minimum Gasteiger partial charge on any atom is -0.467 e. The van der Waals surface area contributed by atoms with Crippen LogP contribution in [0, 0.1) is 0 Å². The number of rotatable bonds is 9. The van der Waals surface area contributed by atoms with Gasteiger partial charge in [-0.1, -0.05) is 31.2 Å². The van der Waals surface area contributed by atoms with Crippen molar-refractivity contribution in [3.8, 4) is 11.1 Å². The van der Waals surface area contributed by atoms with Crippen molar-refractivity contribution in [2.24, 2.45) is 0 Å². The lowest BCUT2D eigenvalue weighted by atomic mass is 9.94. The number of ether oxygens (including phenoxy) is 2. The summed E-state index contributed by atoms with van der Waals surface area (Å²) in [5, 5.41) is 2.09. The lowest BCUT2D eigenvalue weighted by molar-refractivity contribution is -0.168. The van der Waals surface area contributed by atoms with E-state index in [1.165, 1.54) is 7.11 Å². The first-order valence-corrected chi connectivity index (χ1v) is 10.4. The predicted molar refractivity (Wildman–Crippen MR) is 112 cm³/mol. The summed E-state index contributed by atoms with van der Waals surface area (Å²) in [6.45, 7) is 6.61. The quantitative estimate of drug-likeness (QED) is 0.574. The number of methoxy groups -OCH3 is 1. The molecule has 152 valence electrons. The van der Waals surface area contributed by atoms with Gasteiger partial charge in [-0.05, 0) is 48.4 Å². The van der Waals surface area contributed by atoms with Gasteiger partial charge in [-0.3, -0.25) is 4.79 Å². The highest BCUT2D eigenvalue weighted by Gasteiger charge is 2.37. The van der Waals surface area contributed by atoms with Gasteiger partial charge in [0, 0.05) is 25.0 Å². The van der Waals surface area contributed by atoms with Crippen LogP contribution in [0.3, 0.4) is 0 Å². The number of benzene rings is 1. The van der Waals surface area contributed by atoms with Gasteiger partial charge in [0.1, 0.15) is 0 Å². The standard InChI is InChI=1S/C22H29NO4S/c1-6-8-20(24)23(4)14-19-13-17(15-28-19)16-9-11-18(12-10-16)22(3,27-7-2)21(25)26-5/h9-13,15H,6-8,14H2,1-5H3/t22-/m0/s1.